The van der Waals surface area contributed by atoms with E-state index in [1.807, 2.05) is 54.6 Å². The maximum atomic E-state index is 15.5. The van der Waals surface area contributed by atoms with Gasteiger partial charge < -0.3 is 0 Å². The van der Waals surface area contributed by atoms with Crippen molar-refractivity contribution in [2.45, 2.75) is 38.5 Å². The van der Waals surface area contributed by atoms with Gasteiger partial charge in [-0.05, 0) is 24.3 Å². The van der Waals surface area contributed by atoms with Gasteiger partial charge in [-0.1, -0.05) is 111 Å². The van der Waals surface area contributed by atoms with E-state index < -0.39 is 10.8 Å². The molecule has 3 aliphatic rings. The smallest absolute Gasteiger partial charge is 0.262 e. The number of allylic oxidation sites excluding steroid dienone is 4. The third-order valence-corrected chi connectivity index (χ3v) is 8.71. The second-order valence-corrected chi connectivity index (χ2v) is 12.3. The first kappa shape index (κ1) is 29.9. The van der Waals surface area contributed by atoms with Crippen LogP contribution in [0.3, 0.4) is 0 Å². The van der Waals surface area contributed by atoms with Crippen molar-refractivity contribution in [1.29, 1.82) is 0 Å². The van der Waals surface area contributed by atoms with Gasteiger partial charge in [-0.15, -0.1) is 64.7 Å². The number of fused-ring (bicyclic) bond motifs is 6. The van der Waals surface area contributed by atoms with Gasteiger partial charge in [0.25, 0.3) is 0 Å². The van der Waals surface area contributed by atoms with Crippen LogP contribution in [0.25, 0.3) is 11.1 Å². The predicted octanol–water partition coefficient (Wildman–Crippen LogP) is 9.23. The van der Waals surface area contributed by atoms with Gasteiger partial charge in [0.2, 0.25) is 0 Å². The molecule has 0 unspecified atom stereocenters. The molecule has 0 amide bonds. The Labute approximate surface area is 273 Å². The molecule has 0 atom stereocenters. The monoisotopic (exact) mass is 753 g/mol. The van der Waals surface area contributed by atoms with E-state index in [1.165, 1.54) is 0 Å². The van der Waals surface area contributed by atoms with Gasteiger partial charge in [0.1, 0.15) is 0 Å². The normalized spacial score (nSPS) is 21.0. The molecule has 0 N–H and O–H groups in total. The molecule has 0 saturated carbocycles. The number of rotatable bonds is 2. The molecule has 3 heterocycles. The number of halogens is 1. The predicted molar refractivity (Wildman–Crippen MR) is 175 cm³/mol. The molecule has 4 heteroatoms. The standard InChI is InChI=1S/C40H31FN2.Pt/c1-39(2)30-17-11-16-28(22-30)37(26-12-7-5-8-13-26)33-18-21-36(42-33)40(3,4)31-23-29(24-32(41)25-31)38(27-14-9-6-10-15-27)34-19-20-35(39)43-34;/h5-21,24-25H,1-4H3;/q-2;+2/b37-33-,38-34-;. The fraction of sp³-hybridized carbons (Fsp3) is 0.150. The van der Waals surface area contributed by atoms with Crippen molar-refractivity contribution in [2.24, 2.45) is 9.98 Å². The van der Waals surface area contributed by atoms with Crippen molar-refractivity contribution in [1.82, 2.24) is 0 Å². The molecule has 0 saturated heterocycles. The van der Waals surface area contributed by atoms with Crippen molar-refractivity contribution in [3.63, 3.8) is 0 Å². The summed E-state index contributed by atoms with van der Waals surface area (Å²) in [6.07, 6.45) is 8.23. The second kappa shape index (κ2) is 11.4. The largest absolute Gasteiger partial charge is 2.00 e. The fourth-order valence-corrected chi connectivity index (χ4v) is 6.05. The molecule has 44 heavy (non-hydrogen) atoms. The zero-order valence-corrected chi connectivity index (χ0v) is 27.3. The molecule has 0 radical (unpaired) electrons. The molecule has 2 nitrogen and oxygen atoms in total. The number of aliphatic imine (C=N–C) groups is 2. The van der Waals surface area contributed by atoms with E-state index in [4.69, 9.17) is 9.98 Å². The molecule has 0 spiro atoms. The summed E-state index contributed by atoms with van der Waals surface area (Å²) in [6, 6.07) is 37.2. The van der Waals surface area contributed by atoms with Crippen LogP contribution in [0, 0.1) is 17.9 Å². The van der Waals surface area contributed by atoms with Crippen LogP contribution in [0.15, 0.2) is 137 Å². The zero-order valence-electron chi connectivity index (χ0n) is 25.1. The zero-order chi connectivity index (χ0) is 29.8. The van der Waals surface area contributed by atoms with Crippen LogP contribution in [-0.4, -0.2) is 11.4 Å². The number of hydrogen-bond acceptors (Lipinski definition) is 2. The summed E-state index contributed by atoms with van der Waals surface area (Å²) in [5.41, 5.74) is 9.62. The Hall–Kier alpha value is -4.20. The summed E-state index contributed by atoms with van der Waals surface area (Å²) in [7, 11) is 0. The fourth-order valence-electron chi connectivity index (χ4n) is 6.05. The SMILES string of the molecule is CC1(C)C2=N/C(=C(/c3ccccc3)c3[c-]c(cc(F)c3)C(C)(C)C3=N/C(=C(/c4ccccc4)c4[c-]c1ccc4)C=C3)C=C2.[Pt+2]. The molecule has 7 rings (SSSR count). The van der Waals surface area contributed by atoms with Gasteiger partial charge in [0.05, 0.1) is 0 Å². The van der Waals surface area contributed by atoms with Gasteiger partial charge in [-0.3, -0.25) is 9.98 Å². The van der Waals surface area contributed by atoms with Crippen LogP contribution in [0.4, 0.5) is 4.39 Å². The van der Waals surface area contributed by atoms with Gasteiger partial charge in [-0.2, -0.15) is 0 Å². The Morgan fingerprint density at radius 1 is 0.545 bits per heavy atom. The van der Waals surface area contributed by atoms with E-state index in [0.29, 0.717) is 5.56 Å². The van der Waals surface area contributed by atoms with Crippen LogP contribution in [-0.2, 0) is 31.9 Å². The molecule has 0 aliphatic carbocycles. The van der Waals surface area contributed by atoms with Crippen LogP contribution >= 0.6 is 0 Å². The van der Waals surface area contributed by atoms with E-state index in [1.54, 1.807) is 12.1 Å². The number of hydrogen-bond donors (Lipinski definition) is 0. The molecular formula is C40H31FN2Pt. The van der Waals surface area contributed by atoms with Gasteiger partial charge in [-0.25, -0.2) is 4.39 Å². The van der Waals surface area contributed by atoms with Crippen molar-refractivity contribution in [2.75, 3.05) is 0 Å². The molecule has 0 fully saturated rings. The minimum Gasteiger partial charge on any atom is -0.262 e. The first-order valence-corrected chi connectivity index (χ1v) is 14.6. The molecule has 4 aromatic rings. The Balaban J connectivity index is 0.00000343. The summed E-state index contributed by atoms with van der Waals surface area (Å²) in [4.78, 5) is 10.4. The summed E-state index contributed by atoms with van der Waals surface area (Å²) >= 11 is 0. The van der Waals surface area contributed by atoms with E-state index >= 15 is 4.39 Å². The van der Waals surface area contributed by atoms with Crippen LogP contribution in [0.5, 0.6) is 0 Å². The molecular weight excluding hydrogens is 723 g/mol. The van der Waals surface area contributed by atoms with E-state index in [0.717, 1.165) is 61.8 Å². The average molecular weight is 754 g/mol. The molecule has 4 aromatic carbocycles. The number of benzene rings is 4. The van der Waals surface area contributed by atoms with Crippen molar-refractivity contribution < 1.29 is 25.5 Å². The minimum atomic E-state index is -0.617. The maximum Gasteiger partial charge on any atom is 2.00 e. The van der Waals surface area contributed by atoms with Gasteiger partial charge in [0, 0.05) is 39.5 Å². The van der Waals surface area contributed by atoms with Gasteiger partial charge >= 0.3 is 21.1 Å². The number of nitrogens with zero attached hydrogens (tertiary/aromatic N) is 2. The Morgan fingerprint density at radius 2 is 1.05 bits per heavy atom. The third-order valence-electron chi connectivity index (χ3n) is 8.71. The average Bonchev–Trinajstić information content (AvgIpc) is 3.70. The second-order valence-electron chi connectivity index (χ2n) is 12.3. The van der Waals surface area contributed by atoms with Crippen LogP contribution in [0.2, 0.25) is 0 Å². The topological polar surface area (TPSA) is 24.7 Å². The molecule has 218 valence electrons. The van der Waals surface area contributed by atoms with Crippen molar-refractivity contribution >= 4 is 22.6 Å². The van der Waals surface area contributed by atoms with Gasteiger partial charge in [0.15, 0.2) is 0 Å². The molecule has 0 aromatic heterocycles. The summed E-state index contributed by atoms with van der Waals surface area (Å²) in [5, 5.41) is 0. The summed E-state index contributed by atoms with van der Waals surface area (Å²) in [6.45, 7) is 8.51. The van der Waals surface area contributed by atoms with E-state index in [9.17, 15) is 0 Å². The van der Waals surface area contributed by atoms with E-state index in [2.05, 4.69) is 88.4 Å². The van der Waals surface area contributed by atoms with E-state index in [-0.39, 0.29) is 26.9 Å². The summed E-state index contributed by atoms with van der Waals surface area (Å²) in [5.74, 6) is -0.314. The Morgan fingerprint density at radius 3 is 1.61 bits per heavy atom. The van der Waals surface area contributed by atoms with Crippen molar-refractivity contribution in [3.8, 4) is 0 Å². The first-order chi connectivity index (χ1) is 20.7. The van der Waals surface area contributed by atoms with Crippen molar-refractivity contribution in [3.05, 3.63) is 178 Å². The third kappa shape index (κ3) is 5.14. The minimum absolute atomic E-state index is 0. The van der Waals surface area contributed by atoms with Crippen LogP contribution < -0.4 is 0 Å². The first-order valence-electron chi connectivity index (χ1n) is 14.6. The van der Waals surface area contributed by atoms with Crippen LogP contribution in [0.1, 0.15) is 61.1 Å². The molecule has 3 aliphatic heterocycles. The Kier molecular flexibility index (Phi) is 7.72. The maximum absolute atomic E-state index is 15.5. The molecule has 8 bridgehead atoms. The quantitative estimate of drug-likeness (QED) is 0.183. The Bertz CT molecular complexity index is 1960. The summed E-state index contributed by atoms with van der Waals surface area (Å²) < 4.78 is 15.5.